The Bertz CT molecular complexity index is 402. The molecule has 0 atom stereocenters. The van der Waals surface area contributed by atoms with E-state index in [9.17, 15) is 4.79 Å². The van der Waals surface area contributed by atoms with Gasteiger partial charge in [-0.2, -0.15) is 0 Å². The summed E-state index contributed by atoms with van der Waals surface area (Å²) in [5.41, 5.74) is 6.93. The van der Waals surface area contributed by atoms with Gasteiger partial charge in [0.15, 0.2) is 5.78 Å². The minimum Gasteiger partial charge on any atom is -0.399 e. The molecule has 92 valence electrons. The fourth-order valence-electron chi connectivity index (χ4n) is 2.51. The molecule has 0 amide bonds. The van der Waals surface area contributed by atoms with Crippen molar-refractivity contribution in [1.29, 1.82) is 0 Å². The van der Waals surface area contributed by atoms with Crippen molar-refractivity contribution in [3.05, 3.63) is 28.8 Å². The third-order valence-electron chi connectivity index (χ3n) is 3.59. The van der Waals surface area contributed by atoms with Crippen molar-refractivity contribution in [3.63, 3.8) is 0 Å². The molecule has 2 rings (SSSR count). The zero-order chi connectivity index (χ0) is 12.4. The van der Waals surface area contributed by atoms with E-state index in [1.165, 1.54) is 0 Å². The van der Waals surface area contributed by atoms with Crippen LogP contribution < -0.4 is 5.73 Å². The summed E-state index contributed by atoms with van der Waals surface area (Å²) in [4.78, 5) is 12.3. The van der Waals surface area contributed by atoms with E-state index in [0.717, 1.165) is 31.6 Å². The van der Waals surface area contributed by atoms with Crippen molar-refractivity contribution in [2.24, 2.45) is 11.8 Å². The Kier molecular flexibility index (Phi) is 3.72. The van der Waals surface area contributed by atoms with Crippen LogP contribution in [-0.4, -0.2) is 5.78 Å². The Morgan fingerprint density at radius 1 is 1.24 bits per heavy atom. The summed E-state index contributed by atoms with van der Waals surface area (Å²) in [6, 6.07) is 5.12. The zero-order valence-electron chi connectivity index (χ0n) is 10.1. The first-order valence-corrected chi connectivity index (χ1v) is 6.54. The van der Waals surface area contributed by atoms with Crippen molar-refractivity contribution < 1.29 is 4.79 Å². The van der Waals surface area contributed by atoms with Crippen LogP contribution in [0.25, 0.3) is 0 Å². The second-order valence-corrected chi connectivity index (χ2v) is 5.53. The van der Waals surface area contributed by atoms with Crippen molar-refractivity contribution in [3.8, 4) is 0 Å². The first-order valence-electron chi connectivity index (χ1n) is 6.16. The first kappa shape index (κ1) is 12.4. The SMILES string of the molecule is CC1CCC(C(=O)c2cc(N)cc(Cl)c2)CC1. The van der Waals surface area contributed by atoms with Gasteiger partial charge in [-0.15, -0.1) is 0 Å². The quantitative estimate of drug-likeness (QED) is 0.639. The van der Waals surface area contributed by atoms with E-state index in [4.69, 9.17) is 17.3 Å². The van der Waals surface area contributed by atoms with Gasteiger partial charge in [-0.1, -0.05) is 31.4 Å². The standard InChI is InChI=1S/C14H18ClNO/c1-9-2-4-10(5-3-9)14(17)11-6-12(15)8-13(16)7-11/h6-10H,2-5,16H2,1H3. The maximum atomic E-state index is 12.3. The number of Topliss-reactive ketones (excluding diaryl/α,β-unsaturated/α-hetero) is 1. The smallest absolute Gasteiger partial charge is 0.166 e. The Morgan fingerprint density at radius 3 is 2.47 bits per heavy atom. The molecule has 2 nitrogen and oxygen atoms in total. The Morgan fingerprint density at radius 2 is 1.88 bits per heavy atom. The van der Waals surface area contributed by atoms with E-state index >= 15 is 0 Å². The Hall–Kier alpha value is -1.02. The molecule has 0 spiro atoms. The van der Waals surface area contributed by atoms with Gasteiger partial charge in [0.1, 0.15) is 0 Å². The van der Waals surface area contributed by atoms with Crippen molar-refractivity contribution in [2.75, 3.05) is 5.73 Å². The van der Waals surface area contributed by atoms with Crippen LogP contribution in [0.3, 0.4) is 0 Å². The summed E-state index contributed by atoms with van der Waals surface area (Å²) in [5, 5.41) is 0.539. The number of carbonyl (C=O) groups excluding carboxylic acids is 1. The van der Waals surface area contributed by atoms with Crippen molar-refractivity contribution in [1.82, 2.24) is 0 Å². The molecule has 1 fully saturated rings. The molecule has 2 N–H and O–H groups in total. The van der Waals surface area contributed by atoms with Crippen LogP contribution in [0.4, 0.5) is 5.69 Å². The summed E-state index contributed by atoms with van der Waals surface area (Å²) in [6.45, 7) is 2.25. The minimum absolute atomic E-state index is 0.157. The second-order valence-electron chi connectivity index (χ2n) is 5.09. The molecule has 0 unspecified atom stereocenters. The van der Waals surface area contributed by atoms with Gasteiger partial charge in [0.25, 0.3) is 0 Å². The molecule has 0 aromatic heterocycles. The lowest BCUT2D eigenvalue weighted by molar-refractivity contribution is 0.0875. The van der Waals surface area contributed by atoms with E-state index < -0.39 is 0 Å². The lowest BCUT2D eigenvalue weighted by Gasteiger charge is -2.25. The summed E-state index contributed by atoms with van der Waals surface area (Å²) < 4.78 is 0. The van der Waals surface area contributed by atoms with E-state index in [1.807, 2.05) is 0 Å². The number of hydrogen-bond donors (Lipinski definition) is 1. The largest absolute Gasteiger partial charge is 0.399 e. The normalized spacial score (nSPS) is 24.6. The fraction of sp³-hybridized carbons (Fsp3) is 0.500. The van der Waals surface area contributed by atoms with Gasteiger partial charge in [-0.3, -0.25) is 4.79 Å². The molecule has 17 heavy (non-hydrogen) atoms. The Balaban J connectivity index is 2.14. The third kappa shape index (κ3) is 3.01. The molecule has 0 heterocycles. The topological polar surface area (TPSA) is 43.1 Å². The van der Waals surface area contributed by atoms with Gasteiger partial charge < -0.3 is 5.73 Å². The number of nitrogens with two attached hydrogens (primary N) is 1. The molecule has 0 bridgehead atoms. The second kappa shape index (κ2) is 5.09. The molecule has 1 aromatic carbocycles. The predicted octanol–water partition coefficient (Wildman–Crippen LogP) is 3.93. The maximum Gasteiger partial charge on any atom is 0.166 e. The molecule has 0 aliphatic heterocycles. The van der Waals surface area contributed by atoms with Gasteiger partial charge in [0, 0.05) is 22.2 Å². The average molecular weight is 252 g/mol. The van der Waals surface area contributed by atoms with Crippen LogP contribution in [-0.2, 0) is 0 Å². The highest BCUT2D eigenvalue weighted by Gasteiger charge is 2.25. The van der Waals surface area contributed by atoms with Gasteiger partial charge in [0.05, 0.1) is 0 Å². The molecular weight excluding hydrogens is 234 g/mol. The molecule has 0 saturated heterocycles. The van der Waals surface area contributed by atoms with E-state index in [1.54, 1.807) is 18.2 Å². The third-order valence-corrected chi connectivity index (χ3v) is 3.81. The monoisotopic (exact) mass is 251 g/mol. The van der Waals surface area contributed by atoms with E-state index in [0.29, 0.717) is 16.3 Å². The highest BCUT2D eigenvalue weighted by molar-refractivity contribution is 6.31. The average Bonchev–Trinajstić information content (AvgIpc) is 2.28. The molecular formula is C14H18ClNO. The van der Waals surface area contributed by atoms with Gasteiger partial charge in [0.2, 0.25) is 0 Å². The predicted molar refractivity (Wildman–Crippen MR) is 71.3 cm³/mol. The maximum absolute atomic E-state index is 12.3. The molecule has 1 aliphatic carbocycles. The number of nitrogen functional groups attached to an aromatic ring is 1. The van der Waals surface area contributed by atoms with Gasteiger partial charge in [-0.05, 0) is 37.0 Å². The number of rotatable bonds is 2. The fourth-order valence-corrected chi connectivity index (χ4v) is 2.76. The minimum atomic E-state index is 0.157. The molecule has 0 radical (unpaired) electrons. The zero-order valence-corrected chi connectivity index (χ0v) is 10.8. The number of halogens is 1. The number of carbonyl (C=O) groups is 1. The van der Waals surface area contributed by atoms with Gasteiger partial charge in [-0.25, -0.2) is 0 Å². The van der Waals surface area contributed by atoms with E-state index in [2.05, 4.69) is 6.92 Å². The van der Waals surface area contributed by atoms with Crippen LogP contribution in [0.15, 0.2) is 18.2 Å². The van der Waals surface area contributed by atoms with Gasteiger partial charge >= 0.3 is 0 Å². The lowest BCUT2D eigenvalue weighted by atomic mass is 9.79. The van der Waals surface area contributed by atoms with Crippen LogP contribution in [0.5, 0.6) is 0 Å². The first-order chi connectivity index (χ1) is 8.06. The summed E-state index contributed by atoms with van der Waals surface area (Å²) in [5.74, 6) is 1.11. The van der Waals surface area contributed by atoms with Crippen LogP contribution >= 0.6 is 11.6 Å². The van der Waals surface area contributed by atoms with Crippen molar-refractivity contribution >= 4 is 23.1 Å². The summed E-state index contributed by atoms with van der Waals surface area (Å²) in [7, 11) is 0. The Labute approximate surface area is 107 Å². The number of ketones is 1. The molecule has 1 aromatic rings. The summed E-state index contributed by atoms with van der Waals surface area (Å²) >= 11 is 5.92. The molecule has 1 aliphatic rings. The highest BCUT2D eigenvalue weighted by Crippen LogP contribution is 2.31. The van der Waals surface area contributed by atoms with Crippen LogP contribution in [0.2, 0.25) is 5.02 Å². The number of benzene rings is 1. The molecule has 3 heteroatoms. The van der Waals surface area contributed by atoms with Crippen LogP contribution in [0, 0.1) is 11.8 Å². The number of anilines is 1. The van der Waals surface area contributed by atoms with Crippen molar-refractivity contribution in [2.45, 2.75) is 32.6 Å². The number of hydrogen-bond acceptors (Lipinski definition) is 2. The van der Waals surface area contributed by atoms with Crippen LogP contribution in [0.1, 0.15) is 43.0 Å². The highest BCUT2D eigenvalue weighted by atomic mass is 35.5. The molecule has 1 saturated carbocycles. The summed E-state index contributed by atoms with van der Waals surface area (Å²) in [6.07, 6.45) is 4.28. The lowest BCUT2D eigenvalue weighted by Crippen LogP contribution is -2.21. The van der Waals surface area contributed by atoms with E-state index in [-0.39, 0.29) is 11.7 Å².